The molecule has 0 aromatic heterocycles. The smallest absolute Gasteiger partial charge is 0.193 e. The first kappa shape index (κ1) is 13.9. The molecule has 1 atom stereocenters. The maximum Gasteiger partial charge on any atom is 0.193 e. The number of ether oxygens (including phenoxy) is 1. The van der Waals surface area contributed by atoms with Crippen LogP contribution in [0.3, 0.4) is 0 Å². The van der Waals surface area contributed by atoms with E-state index in [1.54, 1.807) is 0 Å². The minimum Gasteiger partial charge on any atom is -0.378 e. The van der Waals surface area contributed by atoms with Crippen LogP contribution < -0.4 is 5.32 Å². The van der Waals surface area contributed by atoms with Crippen LogP contribution in [0.5, 0.6) is 0 Å². The average Bonchev–Trinajstić information content (AvgIpc) is 2.49. The van der Waals surface area contributed by atoms with Gasteiger partial charge in [-0.3, -0.25) is 4.99 Å². The molecule has 2 rings (SSSR count). The summed E-state index contributed by atoms with van der Waals surface area (Å²) < 4.78 is 5.36. The Labute approximate surface area is 115 Å². The fourth-order valence-corrected chi connectivity index (χ4v) is 2.25. The first-order valence-electron chi connectivity index (χ1n) is 6.89. The lowest BCUT2D eigenvalue weighted by molar-refractivity contribution is 0.0665. The maximum atomic E-state index is 5.36. The van der Waals surface area contributed by atoms with E-state index in [1.807, 2.05) is 7.05 Å². The topological polar surface area (TPSA) is 36.9 Å². The van der Waals surface area contributed by atoms with Gasteiger partial charge in [-0.25, -0.2) is 0 Å². The number of guanidine groups is 1. The van der Waals surface area contributed by atoms with Crippen molar-refractivity contribution in [1.29, 1.82) is 0 Å². The van der Waals surface area contributed by atoms with Crippen molar-refractivity contribution in [2.45, 2.75) is 12.8 Å². The second kappa shape index (κ2) is 7.14. The van der Waals surface area contributed by atoms with Crippen LogP contribution >= 0.6 is 0 Å². The highest BCUT2D eigenvalue weighted by atomic mass is 16.5. The Morgan fingerprint density at radius 1 is 1.32 bits per heavy atom. The van der Waals surface area contributed by atoms with Crippen LogP contribution in [0, 0.1) is 0 Å². The first-order chi connectivity index (χ1) is 9.31. The van der Waals surface area contributed by atoms with Gasteiger partial charge < -0.3 is 15.0 Å². The summed E-state index contributed by atoms with van der Waals surface area (Å²) >= 11 is 0. The van der Waals surface area contributed by atoms with E-state index in [-0.39, 0.29) is 0 Å². The Morgan fingerprint density at radius 2 is 2.00 bits per heavy atom. The summed E-state index contributed by atoms with van der Waals surface area (Å²) in [5.41, 5.74) is 1.35. The fraction of sp³-hybridized carbons (Fsp3) is 0.533. The van der Waals surface area contributed by atoms with Gasteiger partial charge >= 0.3 is 0 Å². The Balaban J connectivity index is 1.86. The zero-order valence-electron chi connectivity index (χ0n) is 11.8. The van der Waals surface area contributed by atoms with Gasteiger partial charge in [-0.2, -0.15) is 0 Å². The third-order valence-corrected chi connectivity index (χ3v) is 3.46. The molecule has 1 aliphatic rings. The van der Waals surface area contributed by atoms with Crippen molar-refractivity contribution < 1.29 is 4.74 Å². The quantitative estimate of drug-likeness (QED) is 0.664. The van der Waals surface area contributed by atoms with Gasteiger partial charge in [0.25, 0.3) is 0 Å². The van der Waals surface area contributed by atoms with Crippen molar-refractivity contribution in [2.24, 2.45) is 4.99 Å². The Hall–Kier alpha value is -1.55. The zero-order valence-corrected chi connectivity index (χ0v) is 11.8. The summed E-state index contributed by atoms with van der Waals surface area (Å²) in [6, 6.07) is 10.6. The van der Waals surface area contributed by atoms with Gasteiger partial charge in [0.05, 0.1) is 13.2 Å². The summed E-state index contributed by atoms with van der Waals surface area (Å²) in [5, 5.41) is 3.46. The van der Waals surface area contributed by atoms with Crippen molar-refractivity contribution in [3.05, 3.63) is 35.9 Å². The number of nitrogens with zero attached hydrogens (tertiary/aromatic N) is 2. The number of hydrogen-bond acceptors (Lipinski definition) is 2. The number of aliphatic imine (C=N–C) groups is 1. The molecule has 4 heteroatoms. The van der Waals surface area contributed by atoms with Crippen molar-refractivity contribution in [3.63, 3.8) is 0 Å². The van der Waals surface area contributed by atoms with Gasteiger partial charge in [-0.15, -0.1) is 0 Å². The summed E-state index contributed by atoms with van der Waals surface area (Å²) in [6.07, 6.45) is 0. The van der Waals surface area contributed by atoms with Gasteiger partial charge in [0, 0.05) is 26.7 Å². The molecule has 1 heterocycles. The van der Waals surface area contributed by atoms with E-state index in [0.717, 1.165) is 38.8 Å². The number of benzene rings is 1. The predicted molar refractivity (Wildman–Crippen MR) is 78.6 cm³/mol. The predicted octanol–water partition coefficient (Wildman–Crippen LogP) is 1.70. The molecule has 0 radical (unpaired) electrons. The SMILES string of the molecule is CN=C(NC[C@H](C)c1ccccc1)N1CCOCC1. The van der Waals surface area contributed by atoms with Crippen LogP contribution in [-0.2, 0) is 4.74 Å². The normalized spacial score (nSPS) is 18.2. The highest BCUT2D eigenvalue weighted by Crippen LogP contribution is 2.13. The van der Waals surface area contributed by atoms with Crippen molar-refractivity contribution in [3.8, 4) is 0 Å². The summed E-state index contributed by atoms with van der Waals surface area (Å²) in [5.74, 6) is 1.45. The van der Waals surface area contributed by atoms with E-state index >= 15 is 0 Å². The van der Waals surface area contributed by atoms with E-state index in [2.05, 4.69) is 52.5 Å². The molecule has 0 aliphatic carbocycles. The molecule has 19 heavy (non-hydrogen) atoms. The Bertz CT molecular complexity index is 399. The molecule has 1 aliphatic heterocycles. The molecule has 1 fully saturated rings. The van der Waals surface area contributed by atoms with Crippen molar-refractivity contribution >= 4 is 5.96 Å². The molecular weight excluding hydrogens is 238 g/mol. The molecule has 1 aromatic rings. The Morgan fingerprint density at radius 3 is 2.63 bits per heavy atom. The second-order valence-corrected chi connectivity index (χ2v) is 4.84. The van der Waals surface area contributed by atoms with Gasteiger partial charge in [0.1, 0.15) is 0 Å². The lowest BCUT2D eigenvalue weighted by atomic mass is 10.0. The number of hydrogen-bond donors (Lipinski definition) is 1. The summed E-state index contributed by atoms with van der Waals surface area (Å²) in [7, 11) is 1.84. The van der Waals surface area contributed by atoms with Crippen molar-refractivity contribution in [2.75, 3.05) is 39.9 Å². The van der Waals surface area contributed by atoms with Gasteiger partial charge in [0.15, 0.2) is 5.96 Å². The van der Waals surface area contributed by atoms with Crippen LogP contribution in [0.1, 0.15) is 18.4 Å². The van der Waals surface area contributed by atoms with Crippen LogP contribution in [0.25, 0.3) is 0 Å². The number of morpholine rings is 1. The highest BCUT2D eigenvalue weighted by molar-refractivity contribution is 5.80. The molecule has 104 valence electrons. The largest absolute Gasteiger partial charge is 0.378 e. The molecule has 0 saturated carbocycles. The summed E-state index contributed by atoms with van der Waals surface area (Å²) in [4.78, 5) is 6.60. The summed E-state index contributed by atoms with van der Waals surface area (Å²) in [6.45, 7) is 6.53. The monoisotopic (exact) mass is 261 g/mol. The van der Waals surface area contributed by atoms with E-state index in [1.165, 1.54) is 5.56 Å². The van der Waals surface area contributed by atoms with Gasteiger partial charge in [0.2, 0.25) is 0 Å². The second-order valence-electron chi connectivity index (χ2n) is 4.84. The molecule has 1 saturated heterocycles. The van der Waals surface area contributed by atoms with Crippen LogP contribution in [-0.4, -0.2) is 50.8 Å². The van der Waals surface area contributed by atoms with E-state index in [0.29, 0.717) is 5.92 Å². The van der Waals surface area contributed by atoms with Gasteiger partial charge in [-0.05, 0) is 11.5 Å². The molecule has 0 unspecified atom stereocenters. The van der Waals surface area contributed by atoms with Crippen LogP contribution in [0.15, 0.2) is 35.3 Å². The van der Waals surface area contributed by atoms with E-state index in [9.17, 15) is 0 Å². The minimum atomic E-state index is 0.471. The van der Waals surface area contributed by atoms with Crippen LogP contribution in [0.2, 0.25) is 0 Å². The molecule has 0 bridgehead atoms. The molecule has 4 nitrogen and oxygen atoms in total. The van der Waals surface area contributed by atoms with Crippen molar-refractivity contribution in [1.82, 2.24) is 10.2 Å². The standard InChI is InChI=1S/C15H23N3O/c1-13(14-6-4-3-5-7-14)12-17-15(16-2)18-8-10-19-11-9-18/h3-7,13H,8-12H2,1-2H3,(H,16,17)/t13-/m0/s1. The minimum absolute atomic E-state index is 0.471. The zero-order chi connectivity index (χ0) is 13.5. The highest BCUT2D eigenvalue weighted by Gasteiger charge is 2.15. The first-order valence-corrected chi connectivity index (χ1v) is 6.89. The third-order valence-electron chi connectivity index (χ3n) is 3.46. The van der Waals surface area contributed by atoms with E-state index in [4.69, 9.17) is 4.74 Å². The third kappa shape index (κ3) is 3.96. The van der Waals surface area contributed by atoms with Crippen LogP contribution in [0.4, 0.5) is 0 Å². The maximum absolute atomic E-state index is 5.36. The molecule has 1 N–H and O–H groups in total. The lowest BCUT2D eigenvalue weighted by Gasteiger charge is -2.30. The molecule has 1 aromatic carbocycles. The molecule has 0 amide bonds. The Kier molecular flexibility index (Phi) is 5.21. The molecular formula is C15H23N3O. The van der Waals surface area contributed by atoms with E-state index < -0.39 is 0 Å². The fourth-order valence-electron chi connectivity index (χ4n) is 2.25. The number of nitrogens with one attached hydrogen (secondary N) is 1. The number of rotatable bonds is 3. The van der Waals surface area contributed by atoms with Gasteiger partial charge in [-0.1, -0.05) is 37.3 Å². The average molecular weight is 261 g/mol. The lowest BCUT2D eigenvalue weighted by Crippen LogP contribution is -2.48. The molecule has 0 spiro atoms.